The quantitative estimate of drug-likeness (QED) is 0.892. The average molecular weight is 275 g/mol. The fourth-order valence-electron chi connectivity index (χ4n) is 1.61. The number of halogens is 1. The number of pyridine rings is 1. The molecular weight excluding hydrogens is 261 g/mol. The maximum atomic E-state index is 13.8. The maximum Gasteiger partial charge on any atom is 0.269 e. The second-order valence-corrected chi connectivity index (χ2v) is 4.03. The van der Waals surface area contributed by atoms with Crippen LogP contribution in [-0.2, 0) is 6.54 Å². The summed E-state index contributed by atoms with van der Waals surface area (Å²) in [6.45, 7) is 0.257. The second-order valence-electron chi connectivity index (χ2n) is 4.03. The van der Waals surface area contributed by atoms with Gasteiger partial charge >= 0.3 is 0 Å². The molecule has 1 aromatic heterocycles. The lowest BCUT2D eigenvalue weighted by Crippen LogP contribution is -2.18. The third-order valence-corrected chi connectivity index (χ3v) is 2.65. The Balaban J connectivity index is 2.24. The van der Waals surface area contributed by atoms with Crippen molar-refractivity contribution in [3.8, 4) is 11.5 Å². The Morgan fingerprint density at radius 2 is 2.20 bits per heavy atom. The summed E-state index contributed by atoms with van der Waals surface area (Å²) in [6.07, 6.45) is 1.42. The van der Waals surface area contributed by atoms with Gasteiger partial charge in [0.2, 0.25) is 0 Å². The summed E-state index contributed by atoms with van der Waals surface area (Å²) in [5.74, 6) is -0.449. The highest BCUT2D eigenvalue weighted by Crippen LogP contribution is 2.25. The average Bonchev–Trinajstić information content (AvgIpc) is 2.48. The molecule has 1 amide bonds. The van der Waals surface area contributed by atoms with E-state index >= 15 is 0 Å². The lowest BCUT2D eigenvalue weighted by Gasteiger charge is -2.08. The van der Waals surface area contributed by atoms with E-state index in [1.807, 2.05) is 0 Å². The smallest absolute Gasteiger partial charge is 0.269 e. The highest BCUT2D eigenvalue weighted by Gasteiger charge is 2.09. The molecule has 20 heavy (non-hydrogen) atoms. The van der Waals surface area contributed by atoms with Crippen molar-refractivity contribution in [2.45, 2.75) is 6.54 Å². The standard InChI is InChI=1S/C14H14FN3O2/c1-17-14(19)12-7-10(4-5-18-12)20-13-3-2-9(8-16)6-11(13)15/h2-7H,8,16H2,1H3,(H,17,19). The van der Waals surface area contributed by atoms with E-state index in [0.29, 0.717) is 11.3 Å². The zero-order valence-electron chi connectivity index (χ0n) is 10.9. The molecule has 0 fully saturated rings. The number of aromatic nitrogens is 1. The fourth-order valence-corrected chi connectivity index (χ4v) is 1.61. The van der Waals surface area contributed by atoms with E-state index in [2.05, 4.69) is 10.3 Å². The number of carbonyl (C=O) groups is 1. The molecule has 0 aliphatic rings. The molecular formula is C14H14FN3O2. The van der Waals surface area contributed by atoms with Crippen LogP contribution in [0, 0.1) is 5.82 Å². The first-order valence-electron chi connectivity index (χ1n) is 5.98. The summed E-state index contributed by atoms with van der Waals surface area (Å²) in [7, 11) is 1.50. The monoisotopic (exact) mass is 275 g/mol. The van der Waals surface area contributed by atoms with Gasteiger partial charge in [0.25, 0.3) is 5.91 Å². The van der Waals surface area contributed by atoms with Crippen molar-refractivity contribution in [3.05, 3.63) is 53.6 Å². The van der Waals surface area contributed by atoms with Gasteiger partial charge in [0.15, 0.2) is 11.6 Å². The third-order valence-electron chi connectivity index (χ3n) is 2.65. The van der Waals surface area contributed by atoms with Crippen molar-refractivity contribution in [2.24, 2.45) is 5.73 Å². The summed E-state index contributed by atoms with van der Waals surface area (Å²) in [5, 5.41) is 2.45. The first-order chi connectivity index (χ1) is 9.63. The molecule has 0 saturated carbocycles. The van der Waals surface area contributed by atoms with E-state index in [9.17, 15) is 9.18 Å². The van der Waals surface area contributed by atoms with Gasteiger partial charge in [0.1, 0.15) is 11.4 Å². The second kappa shape index (κ2) is 6.12. The zero-order valence-corrected chi connectivity index (χ0v) is 10.9. The Morgan fingerprint density at radius 3 is 2.85 bits per heavy atom. The highest BCUT2D eigenvalue weighted by molar-refractivity contribution is 5.92. The van der Waals surface area contributed by atoms with E-state index in [4.69, 9.17) is 10.5 Å². The van der Waals surface area contributed by atoms with Gasteiger partial charge in [-0.05, 0) is 23.8 Å². The van der Waals surface area contributed by atoms with Crippen LogP contribution in [0.2, 0.25) is 0 Å². The van der Waals surface area contributed by atoms with E-state index in [0.717, 1.165) is 0 Å². The third kappa shape index (κ3) is 3.10. The number of nitrogens with zero attached hydrogens (tertiary/aromatic N) is 1. The molecule has 0 spiro atoms. The van der Waals surface area contributed by atoms with Crippen molar-refractivity contribution in [3.63, 3.8) is 0 Å². The van der Waals surface area contributed by atoms with Crippen molar-refractivity contribution in [1.82, 2.24) is 10.3 Å². The van der Waals surface area contributed by atoms with Gasteiger partial charge in [-0.2, -0.15) is 0 Å². The molecule has 0 unspecified atom stereocenters. The van der Waals surface area contributed by atoms with E-state index in [1.54, 1.807) is 12.1 Å². The number of amides is 1. The molecule has 104 valence electrons. The van der Waals surface area contributed by atoms with E-state index in [1.165, 1.54) is 31.4 Å². The van der Waals surface area contributed by atoms with Crippen molar-refractivity contribution in [1.29, 1.82) is 0 Å². The van der Waals surface area contributed by atoms with E-state index in [-0.39, 0.29) is 23.9 Å². The highest BCUT2D eigenvalue weighted by atomic mass is 19.1. The zero-order chi connectivity index (χ0) is 14.5. The van der Waals surface area contributed by atoms with Gasteiger partial charge in [-0.1, -0.05) is 6.07 Å². The van der Waals surface area contributed by atoms with Crippen LogP contribution in [0.15, 0.2) is 36.5 Å². The van der Waals surface area contributed by atoms with Crippen LogP contribution in [0.4, 0.5) is 4.39 Å². The predicted molar refractivity (Wildman–Crippen MR) is 72.0 cm³/mol. The number of hydrogen-bond acceptors (Lipinski definition) is 4. The minimum Gasteiger partial charge on any atom is -0.454 e. The molecule has 1 heterocycles. The molecule has 0 saturated heterocycles. The molecule has 2 rings (SSSR count). The largest absolute Gasteiger partial charge is 0.454 e. The fraction of sp³-hybridized carbons (Fsp3) is 0.143. The molecule has 3 N–H and O–H groups in total. The molecule has 0 radical (unpaired) electrons. The number of rotatable bonds is 4. The number of ether oxygens (including phenoxy) is 1. The summed E-state index contributed by atoms with van der Waals surface area (Å²) in [6, 6.07) is 7.48. The number of carbonyl (C=O) groups excluding carboxylic acids is 1. The van der Waals surface area contributed by atoms with Gasteiger partial charge < -0.3 is 15.8 Å². The summed E-state index contributed by atoms with van der Waals surface area (Å²) in [4.78, 5) is 15.4. The van der Waals surface area contributed by atoms with Crippen LogP contribution in [0.5, 0.6) is 11.5 Å². The Kier molecular flexibility index (Phi) is 4.27. The van der Waals surface area contributed by atoms with Gasteiger partial charge in [-0.15, -0.1) is 0 Å². The van der Waals surface area contributed by atoms with Crippen LogP contribution in [-0.4, -0.2) is 17.9 Å². The molecule has 0 aliphatic carbocycles. The van der Waals surface area contributed by atoms with Crippen LogP contribution >= 0.6 is 0 Å². The number of hydrogen-bond donors (Lipinski definition) is 2. The maximum absolute atomic E-state index is 13.8. The van der Waals surface area contributed by atoms with Crippen LogP contribution in [0.25, 0.3) is 0 Å². The first kappa shape index (κ1) is 14.0. The first-order valence-corrected chi connectivity index (χ1v) is 5.98. The molecule has 6 heteroatoms. The number of nitrogens with one attached hydrogen (secondary N) is 1. The van der Waals surface area contributed by atoms with Gasteiger partial charge in [0.05, 0.1) is 0 Å². The van der Waals surface area contributed by atoms with Crippen molar-refractivity contribution in [2.75, 3.05) is 7.05 Å². The minimum absolute atomic E-state index is 0.0660. The van der Waals surface area contributed by atoms with Crippen molar-refractivity contribution >= 4 is 5.91 Å². The predicted octanol–water partition coefficient (Wildman–Crippen LogP) is 1.83. The van der Waals surface area contributed by atoms with Crippen LogP contribution < -0.4 is 15.8 Å². The summed E-state index contributed by atoms with van der Waals surface area (Å²) >= 11 is 0. The van der Waals surface area contributed by atoms with Gasteiger partial charge in [0, 0.05) is 25.9 Å². The van der Waals surface area contributed by atoms with Gasteiger partial charge in [-0.3, -0.25) is 9.78 Å². The number of nitrogens with two attached hydrogens (primary N) is 1. The molecule has 0 aliphatic heterocycles. The molecule has 0 atom stereocenters. The number of benzene rings is 1. The Hall–Kier alpha value is -2.47. The molecule has 0 bridgehead atoms. The molecule has 1 aromatic carbocycles. The molecule has 2 aromatic rings. The summed E-state index contributed by atoms with van der Waals surface area (Å²) in [5.41, 5.74) is 6.30. The normalized spacial score (nSPS) is 10.2. The van der Waals surface area contributed by atoms with Crippen LogP contribution in [0.1, 0.15) is 16.1 Å². The van der Waals surface area contributed by atoms with Gasteiger partial charge in [-0.25, -0.2) is 4.39 Å². The minimum atomic E-state index is -0.508. The topological polar surface area (TPSA) is 77.2 Å². The lowest BCUT2D eigenvalue weighted by molar-refractivity contribution is 0.0958. The van der Waals surface area contributed by atoms with Crippen molar-refractivity contribution < 1.29 is 13.9 Å². The van der Waals surface area contributed by atoms with E-state index < -0.39 is 5.82 Å². The lowest BCUT2D eigenvalue weighted by atomic mass is 10.2. The Bertz CT molecular complexity index is 632. The summed E-state index contributed by atoms with van der Waals surface area (Å²) < 4.78 is 19.2. The molecule has 5 nitrogen and oxygen atoms in total. The Morgan fingerprint density at radius 1 is 1.40 bits per heavy atom. The van der Waals surface area contributed by atoms with Crippen LogP contribution in [0.3, 0.4) is 0 Å². The Labute approximate surface area is 115 Å². The SMILES string of the molecule is CNC(=O)c1cc(Oc2ccc(CN)cc2F)ccn1.